The van der Waals surface area contributed by atoms with Gasteiger partial charge in [0.15, 0.2) is 0 Å². The molecular weight excluding hydrogens is 212 g/mol. The lowest BCUT2D eigenvalue weighted by Crippen LogP contribution is -2.29. The summed E-state index contributed by atoms with van der Waals surface area (Å²) in [6.07, 6.45) is 5.60. The predicted octanol–water partition coefficient (Wildman–Crippen LogP) is 1.33. The average Bonchev–Trinajstić information content (AvgIpc) is 2.58. The van der Waals surface area contributed by atoms with E-state index >= 15 is 0 Å². The van der Waals surface area contributed by atoms with Gasteiger partial charge in [-0.2, -0.15) is 0 Å². The van der Waals surface area contributed by atoms with E-state index in [1.165, 1.54) is 24.1 Å². The van der Waals surface area contributed by atoms with Crippen LogP contribution in [0.5, 0.6) is 0 Å². The molecule has 4 heteroatoms. The van der Waals surface area contributed by atoms with E-state index in [0.29, 0.717) is 5.92 Å². The maximum absolute atomic E-state index is 4.79. The summed E-state index contributed by atoms with van der Waals surface area (Å²) >= 11 is 0. The Morgan fingerprint density at radius 2 is 2.29 bits per heavy atom. The Morgan fingerprint density at radius 1 is 1.35 bits per heavy atom. The number of nitrogens with one attached hydrogen (secondary N) is 1. The second-order valence-corrected chi connectivity index (χ2v) is 5.11. The molecule has 0 spiro atoms. The summed E-state index contributed by atoms with van der Waals surface area (Å²) in [4.78, 5) is 11.6. The maximum Gasteiger partial charge on any atom is 0.225 e. The first kappa shape index (κ1) is 11.0. The van der Waals surface area contributed by atoms with Crippen LogP contribution >= 0.6 is 0 Å². The van der Waals surface area contributed by atoms with Crippen LogP contribution in [0.1, 0.15) is 36.9 Å². The first-order valence-electron chi connectivity index (χ1n) is 6.66. The average molecular weight is 232 g/mol. The molecule has 17 heavy (non-hydrogen) atoms. The Kier molecular flexibility index (Phi) is 2.97. The van der Waals surface area contributed by atoms with Gasteiger partial charge in [0.25, 0.3) is 0 Å². The molecule has 1 atom stereocenters. The fraction of sp³-hybridized carbons (Fsp3) is 0.692. The van der Waals surface area contributed by atoms with Crippen molar-refractivity contribution >= 4 is 5.95 Å². The topological polar surface area (TPSA) is 41.1 Å². The molecule has 1 fully saturated rings. The van der Waals surface area contributed by atoms with E-state index in [2.05, 4.69) is 22.1 Å². The first-order valence-corrected chi connectivity index (χ1v) is 6.66. The molecule has 0 amide bonds. The first-order chi connectivity index (χ1) is 8.34. The van der Waals surface area contributed by atoms with Crippen molar-refractivity contribution in [3.63, 3.8) is 0 Å². The molecule has 0 radical (unpaired) electrons. The van der Waals surface area contributed by atoms with Gasteiger partial charge < -0.3 is 10.2 Å². The molecule has 2 aliphatic rings. The second kappa shape index (κ2) is 4.61. The van der Waals surface area contributed by atoms with Crippen LogP contribution in [0.15, 0.2) is 6.20 Å². The van der Waals surface area contributed by atoms with E-state index in [1.54, 1.807) is 0 Å². The molecule has 1 aliphatic carbocycles. The summed E-state index contributed by atoms with van der Waals surface area (Å²) in [5.41, 5.74) is 2.64. The van der Waals surface area contributed by atoms with Crippen LogP contribution < -0.4 is 10.2 Å². The van der Waals surface area contributed by atoms with Gasteiger partial charge in [-0.3, -0.25) is 0 Å². The fourth-order valence-electron chi connectivity index (χ4n) is 2.74. The van der Waals surface area contributed by atoms with Crippen molar-refractivity contribution in [2.75, 3.05) is 31.1 Å². The molecule has 1 aromatic heterocycles. The molecule has 1 saturated heterocycles. The van der Waals surface area contributed by atoms with Gasteiger partial charge in [0, 0.05) is 25.8 Å². The zero-order valence-electron chi connectivity index (χ0n) is 10.4. The van der Waals surface area contributed by atoms with E-state index in [-0.39, 0.29) is 0 Å². The summed E-state index contributed by atoms with van der Waals surface area (Å²) in [7, 11) is 0. The molecule has 3 rings (SSSR count). The van der Waals surface area contributed by atoms with Gasteiger partial charge in [-0.1, -0.05) is 6.92 Å². The number of aromatic nitrogens is 2. The normalized spacial score (nSPS) is 24.5. The Balaban J connectivity index is 1.85. The summed E-state index contributed by atoms with van der Waals surface area (Å²) in [6.45, 7) is 6.51. The third kappa shape index (κ3) is 2.14. The van der Waals surface area contributed by atoms with Crippen molar-refractivity contribution < 1.29 is 0 Å². The number of hydrogen-bond acceptors (Lipinski definition) is 4. The second-order valence-electron chi connectivity index (χ2n) is 5.11. The summed E-state index contributed by atoms with van der Waals surface area (Å²) in [5, 5.41) is 3.41. The Bertz CT molecular complexity index is 396. The SMILES string of the molecule is CC1CCc2cnc(N3CCCNCC3)nc21. The number of hydrogen-bond donors (Lipinski definition) is 1. The van der Waals surface area contributed by atoms with Crippen molar-refractivity contribution in [1.29, 1.82) is 0 Å². The van der Waals surface area contributed by atoms with Crippen LogP contribution in [-0.4, -0.2) is 36.1 Å². The maximum atomic E-state index is 4.79. The van der Waals surface area contributed by atoms with Gasteiger partial charge in [-0.15, -0.1) is 0 Å². The fourth-order valence-corrected chi connectivity index (χ4v) is 2.74. The number of fused-ring (bicyclic) bond motifs is 1. The highest BCUT2D eigenvalue weighted by Gasteiger charge is 2.22. The van der Waals surface area contributed by atoms with Crippen LogP contribution in [0.25, 0.3) is 0 Å². The minimum absolute atomic E-state index is 0.608. The summed E-state index contributed by atoms with van der Waals surface area (Å²) in [5.74, 6) is 1.54. The molecule has 1 aromatic rings. The molecular formula is C13H20N4. The Morgan fingerprint density at radius 3 is 3.24 bits per heavy atom. The zero-order chi connectivity index (χ0) is 11.7. The van der Waals surface area contributed by atoms with Crippen LogP contribution in [0, 0.1) is 0 Å². The van der Waals surface area contributed by atoms with Gasteiger partial charge in [0.1, 0.15) is 0 Å². The Labute approximate surface area is 102 Å². The molecule has 1 N–H and O–H groups in total. The van der Waals surface area contributed by atoms with E-state index in [4.69, 9.17) is 4.98 Å². The van der Waals surface area contributed by atoms with Crippen molar-refractivity contribution in [3.8, 4) is 0 Å². The van der Waals surface area contributed by atoms with E-state index < -0.39 is 0 Å². The van der Waals surface area contributed by atoms with E-state index in [0.717, 1.165) is 38.5 Å². The standard InChI is InChI=1S/C13H20N4/c1-10-3-4-11-9-15-13(16-12(10)11)17-7-2-5-14-6-8-17/h9-10,14H,2-8H2,1H3. The lowest BCUT2D eigenvalue weighted by atomic mass is 10.1. The monoisotopic (exact) mass is 232 g/mol. The molecule has 0 aromatic carbocycles. The minimum atomic E-state index is 0.608. The van der Waals surface area contributed by atoms with Crippen molar-refractivity contribution in [2.24, 2.45) is 0 Å². The minimum Gasteiger partial charge on any atom is -0.339 e. The van der Waals surface area contributed by atoms with Gasteiger partial charge in [-0.25, -0.2) is 9.97 Å². The third-order valence-corrected chi connectivity index (χ3v) is 3.82. The molecule has 0 bridgehead atoms. The van der Waals surface area contributed by atoms with E-state index in [1.807, 2.05) is 6.20 Å². The smallest absolute Gasteiger partial charge is 0.225 e. The van der Waals surface area contributed by atoms with Gasteiger partial charge in [-0.05, 0) is 37.3 Å². The van der Waals surface area contributed by atoms with Crippen molar-refractivity contribution in [1.82, 2.24) is 15.3 Å². The van der Waals surface area contributed by atoms with Crippen LogP contribution in [0.4, 0.5) is 5.95 Å². The molecule has 2 heterocycles. The predicted molar refractivity (Wildman–Crippen MR) is 68.5 cm³/mol. The van der Waals surface area contributed by atoms with Crippen molar-refractivity contribution in [3.05, 3.63) is 17.5 Å². The number of nitrogens with zero attached hydrogens (tertiary/aromatic N) is 3. The summed E-state index contributed by atoms with van der Waals surface area (Å²) < 4.78 is 0. The number of rotatable bonds is 1. The molecule has 0 saturated carbocycles. The van der Waals surface area contributed by atoms with Gasteiger partial charge in [0.2, 0.25) is 5.95 Å². The van der Waals surface area contributed by atoms with Crippen LogP contribution in [0.2, 0.25) is 0 Å². The third-order valence-electron chi connectivity index (χ3n) is 3.82. The molecule has 1 unspecified atom stereocenters. The Hall–Kier alpha value is -1.16. The van der Waals surface area contributed by atoms with E-state index in [9.17, 15) is 0 Å². The highest BCUT2D eigenvalue weighted by atomic mass is 15.3. The lowest BCUT2D eigenvalue weighted by Gasteiger charge is -2.20. The highest BCUT2D eigenvalue weighted by Crippen LogP contribution is 2.31. The van der Waals surface area contributed by atoms with Crippen LogP contribution in [0.3, 0.4) is 0 Å². The van der Waals surface area contributed by atoms with Gasteiger partial charge >= 0.3 is 0 Å². The number of anilines is 1. The summed E-state index contributed by atoms with van der Waals surface area (Å²) in [6, 6.07) is 0. The quantitative estimate of drug-likeness (QED) is 0.793. The van der Waals surface area contributed by atoms with Crippen LogP contribution in [-0.2, 0) is 6.42 Å². The highest BCUT2D eigenvalue weighted by molar-refractivity contribution is 5.36. The molecule has 4 nitrogen and oxygen atoms in total. The zero-order valence-corrected chi connectivity index (χ0v) is 10.4. The lowest BCUT2D eigenvalue weighted by molar-refractivity contribution is 0.720. The van der Waals surface area contributed by atoms with Crippen molar-refractivity contribution in [2.45, 2.75) is 32.1 Å². The number of aryl methyl sites for hydroxylation is 1. The molecule has 1 aliphatic heterocycles. The van der Waals surface area contributed by atoms with Gasteiger partial charge in [0.05, 0.1) is 5.69 Å². The molecule has 92 valence electrons. The largest absolute Gasteiger partial charge is 0.339 e.